The Kier molecular flexibility index (Phi) is 11.8. The van der Waals surface area contributed by atoms with Crippen molar-refractivity contribution in [2.45, 2.75) is 127 Å². The van der Waals surface area contributed by atoms with Crippen molar-refractivity contribution in [1.29, 1.82) is 0 Å². The molecule has 1 aromatic carbocycles. The van der Waals surface area contributed by atoms with Gasteiger partial charge in [0.1, 0.15) is 24.2 Å². The number of benzene rings is 1. The van der Waals surface area contributed by atoms with Crippen molar-refractivity contribution < 1.29 is 41.9 Å². The average molecular weight is 754 g/mol. The lowest BCUT2D eigenvalue weighted by Gasteiger charge is -2.30. The minimum Gasteiger partial charge on any atom is -0.449 e. The van der Waals surface area contributed by atoms with Crippen molar-refractivity contribution in [3.63, 3.8) is 0 Å². The predicted octanol–water partition coefficient (Wildman–Crippen LogP) is 4.04. The first kappa shape index (κ1) is 38.3. The molecule has 15 heteroatoms. The Hall–Kier alpha value is -4.40. The number of alkyl carbamates (subject to hydrolysis) is 1. The summed E-state index contributed by atoms with van der Waals surface area (Å²) in [6.45, 7) is 4.72. The maximum atomic E-state index is 14.4. The van der Waals surface area contributed by atoms with E-state index < -0.39 is 69.4 Å². The van der Waals surface area contributed by atoms with Crippen LogP contribution in [0.2, 0.25) is 0 Å². The number of amides is 5. The van der Waals surface area contributed by atoms with Crippen LogP contribution >= 0.6 is 0 Å². The van der Waals surface area contributed by atoms with Crippen molar-refractivity contribution in [2.75, 3.05) is 13.2 Å². The normalized spacial score (nSPS) is 28.7. The fourth-order valence-corrected chi connectivity index (χ4v) is 8.64. The largest absolute Gasteiger partial charge is 0.449 e. The zero-order valence-corrected chi connectivity index (χ0v) is 31.3. The van der Waals surface area contributed by atoms with Crippen LogP contribution in [-0.4, -0.2) is 90.8 Å². The standard InChI is InChI=1S/C38H51N5O9S/c1-38(2)19-10-9-12-25-13-11-14-26-21-42(23-29(25)26)37(48)52-27-20-32-34(45)39-30(33(44)41-53(49,50)28-17-18-28)15-7-5-3-4-6-8-16-31(35(46)43(32)22-27)40-36(47)51-24-38/h5,7,9,11-14,27-28,30-32H,3-4,6,8,10,15-24H2,1-2H3,(H,39,45)(H,40,47)(H,41,44)/b7-5-,12-9+/t27-,30?,31+,32+/m1/s1. The molecule has 4 heterocycles. The van der Waals surface area contributed by atoms with Gasteiger partial charge >= 0.3 is 12.2 Å². The summed E-state index contributed by atoms with van der Waals surface area (Å²) in [4.78, 5) is 71.4. The van der Waals surface area contributed by atoms with E-state index in [0.717, 1.165) is 42.4 Å². The van der Waals surface area contributed by atoms with Gasteiger partial charge in [0.25, 0.3) is 5.91 Å². The van der Waals surface area contributed by atoms with Gasteiger partial charge < -0.3 is 25.0 Å². The fraction of sp³-hybridized carbons (Fsp3) is 0.605. The van der Waals surface area contributed by atoms with Crippen LogP contribution in [0, 0.1) is 5.41 Å². The summed E-state index contributed by atoms with van der Waals surface area (Å²) in [5.74, 6) is -2.10. The maximum Gasteiger partial charge on any atom is 0.410 e. The highest BCUT2D eigenvalue weighted by Crippen LogP contribution is 2.31. The Labute approximate surface area is 311 Å². The molecule has 1 saturated carbocycles. The molecule has 14 nitrogen and oxygen atoms in total. The molecule has 1 aliphatic carbocycles. The molecule has 1 saturated heterocycles. The third-order valence-electron chi connectivity index (χ3n) is 10.6. The van der Waals surface area contributed by atoms with Crippen LogP contribution in [-0.2, 0) is 47.0 Å². The van der Waals surface area contributed by atoms with Crippen LogP contribution < -0.4 is 15.4 Å². The number of carbonyl (C=O) groups excluding carboxylic acids is 5. The summed E-state index contributed by atoms with van der Waals surface area (Å²) in [5.41, 5.74) is 2.67. The number of rotatable bonds is 3. The first-order valence-corrected chi connectivity index (χ1v) is 20.3. The molecule has 4 aliphatic heterocycles. The SMILES string of the molecule is CC1(C)CC/C=C/c2cccc3c2CN(C3)C(=O)O[C@@H]2C[C@H]3C(=O)NC(C(=O)NS(=O)(=O)C4CC4)C/C=C\CCCCC[C@H](NC(=O)OC1)C(=O)N3C2. The Balaban J connectivity index is 1.29. The van der Waals surface area contributed by atoms with E-state index in [9.17, 15) is 32.4 Å². The monoisotopic (exact) mass is 753 g/mol. The number of ether oxygens (including phenoxy) is 2. The van der Waals surface area contributed by atoms with E-state index in [1.807, 2.05) is 44.2 Å². The van der Waals surface area contributed by atoms with E-state index in [1.165, 1.54) is 4.90 Å². The Bertz CT molecular complexity index is 1760. The van der Waals surface area contributed by atoms with Crippen LogP contribution in [0.1, 0.15) is 101 Å². The highest BCUT2D eigenvalue weighted by molar-refractivity contribution is 7.90. The molecule has 53 heavy (non-hydrogen) atoms. The molecule has 6 rings (SSSR count). The van der Waals surface area contributed by atoms with Gasteiger partial charge in [-0.25, -0.2) is 18.0 Å². The summed E-state index contributed by atoms with van der Waals surface area (Å²) in [7, 11) is -3.89. The predicted molar refractivity (Wildman–Crippen MR) is 195 cm³/mol. The third-order valence-corrected chi connectivity index (χ3v) is 12.4. The van der Waals surface area contributed by atoms with Gasteiger partial charge in [-0.1, -0.05) is 69.2 Å². The van der Waals surface area contributed by atoms with E-state index in [2.05, 4.69) is 21.4 Å². The second kappa shape index (κ2) is 16.3. The minimum absolute atomic E-state index is 0.0376. The lowest BCUT2D eigenvalue weighted by molar-refractivity contribution is -0.141. The molecule has 1 unspecified atom stereocenters. The summed E-state index contributed by atoms with van der Waals surface area (Å²) >= 11 is 0. The van der Waals surface area contributed by atoms with Crippen LogP contribution in [0.15, 0.2) is 36.4 Å². The average Bonchev–Trinajstić information content (AvgIpc) is 3.76. The second-order valence-electron chi connectivity index (χ2n) is 15.6. The van der Waals surface area contributed by atoms with Crippen molar-refractivity contribution >= 4 is 46.0 Å². The zero-order valence-electron chi connectivity index (χ0n) is 30.5. The number of nitrogens with one attached hydrogen (secondary N) is 3. The number of hydrogen-bond donors (Lipinski definition) is 3. The Morgan fingerprint density at radius 1 is 0.962 bits per heavy atom. The highest BCUT2D eigenvalue weighted by atomic mass is 32.2. The van der Waals surface area contributed by atoms with Gasteiger partial charge in [0, 0.05) is 13.0 Å². The number of allylic oxidation sites excluding steroid dienone is 2. The van der Waals surface area contributed by atoms with E-state index in [0.29, 0.717) is 45.2 Å². The number of fused-ring (bicyclic) bond motifs is 3. The molecule has 0 spiro atoms. The molecular weight excluding hydrogens is 703 g/mol. The topological polar surface area (TPSA) is 181 Å². The molecule has 1 aromatic rings. The summed E-state index contributed by atoms with van der Waals surface area (Å²) < 4.78 is 39.0. The van der Waals surface area contributed by atoms with Gasteiger partial charge in [-0.05, 0) is 73.5 Å². The van der Waals surface area contributed by atoms with Crippen molar-refractivity contribution in [3.05, 3.63) is 53.1 Å². The molecule has 0 aromatic heterocycles. The molecule has 4 atom stereocenters. The van der Waals surface area contributed by atoms with Crippen molar-refractivity contribution in [2.24, 2.45) is 5.41 Å². The van der Waals surface area contributed by atoms with Gasteiger partial charge in [0.15, 0.2) is 0 Å². The molecule has 5 amide bonds. The quantitative estimate of drug-likeness (QED) is 0.384. The van der Waals surface area contributed by atoms with Gasteiger partial charge in [-0.15, -0.1) is 0 Å². The number of nitrogens with zero attached hydrogens (tertiary/aromatic N) is 2. The molecule has 5 aliphatic rings. The molecule has 5 bridgehead atoms. The second-order valence-corrected chi connectivity index (χ2v) is 17.5. The van der Waals surface area contributed by atoms with Gasteiger partial charge in [0.2, 0.25) is 21.8 Å². The van der Waals surface area contributed by atoms with Crippen molar-refractivity contribution in [3.8, 4) is 0 Å². The van der Waals surface area contributed by atoms with E-state index in [4.69, 9.17) is 9.47 Å². The zero-order chi connectivity index (χ0) is 37.8. The number of cyclic esters (lactones) is 1. The highest BCUT2D eigenvalue weighted by Gasteiger charge is 2.45. The Morgan fingerprint density at radius 3 is 2.57 bits per heavy atom. The molecule has 288 valence electrons. The Morgan fingerprint density at radius 2 is 1.77 bits per heavy atom. The lowest BCUT2D eigenvalue weighted by Crippen LogP contribution is -2.56. The summed E-state index contributed by atoms with van der Waals surface area (Å²) in [5, 5.41) is 4.80. The molecule has 3 N–H and O–H groups in total. The van der Waals surface area contributed by atoms with Crippen LogP contribution in [0.4, 0.5) is 9.59 Å². The summed E-state index contributed by atoms with van der Waals surface area (Å²) in [6.07, 6.45) is 11.0. The maximum absolute atomic E-state index is 14.4. The number of sulfonamides is 1. The first-order chi connectivity index (χ1) is 25.3. The number of carbonyl (C=O) groups is 5. The third kappa shape index (κ3) is 9.78. The van der Waals surface area contributed by atoms with Crippen LogP contribution in [0.5, 0.6) is 0 Å². The summed E-state index contributed by atoms with van der Waals surface area (Å²) in [6, 6.07) is 2.49. The first-order valence-electron chi connectivity index (χ1n) is 18.8. The van der Waals surface area contributed by atoms with Crippen LogP contribution in [0.3, 0.4) is 0 Å². The van der Waals surface area contributed by atoms with Gasteiger partial charge in [-0.2, -0.15) is 0 Å². The minimum atomic E-state index is -3.89. The van der Waals surface area contributed by atoms with Gasteiger partial charge in [0.05, 0.1) is 24.9 Å². The fourth-order valence-electron chi connectivity index (χ4n) is 7.29. The smallest absolute Gasteiger partial charge is 0.410 e. The van der Waals surface area contributed by atoms with Crippen molar-refractivity contribution in [1.82, 2.24) is 25.2 Å². The number of hydrogen-bond acceptors (Lipinski definition) is 9. The van der Waals surface area contributed by atoms with Crippen LogP contribution in [0.25, 0.3) is 6.08 Å². The van der Waals surface area contributed by atoms with Gasteiger partial charge in [-0.3, -0.25) is 24.0 Å². The van der Waals surface area contributed by atoms with E-state index in [1.54, 1.807) is 11.0 Å². The molecule has 2 fully saturated rings. The van der Waals surface area contributed by atoms with E-state index in [-0.39, 0.29) is 31.4 Å². The molecule has 0 radical (unpaired) electrons. The lowest BCUT2D eigenvalue weighted by atomic mass is 9.88. The van der Waals surface area contributed by atoms with E-state index >= 15 is 0 Å². The molecular formula is C38H51N5O9S.